The molecule has 216 valence electrons. The number of nitrogens with zero attached hydrogens (tertiary/aromatic N) is 3. The first-order valence-corrected chi connectivity index (χ1v) is 16.2. The molecule has 0 amide bonds. The second-order valence-corrected chi connectivity index (χ2v) is 12.4. The molecule has 0 N–H and O–H groups in total. The lowest BCUT2D eigenvalue weighted by molar-refractivity contribution is 0.907. The van der Waals surface area contributed by atoms with Crippen molar-refractivity contribution in [2.45, 2.75) is 12.8 Å². The standard InChI is InChI=1S/C42H30BN3/c1-3-15-29(16-4-1)44-38-25-13-9-21-34(38)43-35-22-10-14-26-39(35)45(30-17-5-2-6-18-30)41-28-31(27-40(44)42(41)43)46-36-23-11-7-19-32(36)33-20-8-12-24-37(33)46/h1-13,15-25,27-28H,14,26H2. The minimum absolute atomic E-state index is 0.153. The van der Waals surface area contributed by atoms with Gasteiger partial charge in [0.25, 0.3) is 6.71 Å². The van der Waals surface area contributed by atoms with Gasteiger partial charge in [-0.3, -0.25) is 0 Å². The first-order valence-electron chi connectivity index (χ1n) is 16.2. The van der Waals surface area contributed by atoms with Crippen LogP contribution >= 0.6 is 0 Å². The summed E-state index contributed by atoms with van der Waals surface area (Å²) in [5, 5.41) is 2.55. The van der Waals surface area contributed by atoms with Gasteiger partial charge in [0.15, 0.2) is 0 Å². The van der Waals surface area contributed by atoms with Crippen molar-refractivity contribution in [2.75, 3.05) is 9.80 Å². The van der Waals surface area contributed by atoms with Gasteiger partial charge in [-0.2, -0.15) is 0 Å². The van der Waals surface area contributed by atoms with Crippen molar-refractivity contribution in [3.63, 3.8) is 0 Å². The molecule has 0 atom stereocenters. The van der Waals surface area contributed by atoms with Crippen LogP contribution in [0.1, 0.15) is 12.8 Å². The van der Waals surface area contributed by atoms with Crippen LogP contribution in [0.3, 0.4) is 0 Å². The average Bonchev–Trinajstić information content (AvgIpc) is 3.46. The zero-order chi connectivity index (χ0) is 30.2. The molecule has 0 spiro atoms. The number of hydrogen-bond donors (Lipinski definition) is 0. The molecule has 7 aromatic rings. The molecule has 0 radical (unpaired) electrons. The van der Waals surface area contributed by atoms with Crippen molar-refractivity contribution in [3.05, 3.63) is 169 Å². The lowest BCUT2D eigenvalue weighted by Crippen LogP contribution is -2.56. The van der Waals surface area contributed by atoms with Crippen LogP contribution in [-0.4, -0.2) is 11.3 Å². The molecule has 0 fully saturated rings. The second kappa shape index (κ2) is 9.88. The van der Waals surface area contributed by atoms with Crippen LogP contribution in [0.25, 0.3) is 27.5 Å². The van der Waals surface area contributed by atoms with Crippen LogP contribution in [-0.2, 0) is 0 Å². The Morgan fingerprint density at radius 3 is 1.76 bits per heavy atom. The molecule has 10 rings (SSSR count). The molecule has 4 heteroatoms. The SMILES string of the molecule is C1=CC2=C(CC1)N(c1ccccc1)c1cc(-n3c4ccccc4c4ccccc43)cc3c1B2c1ccccc1N3c1ccccc1. The third-order valence-electron chi connectivity index (χ3n) is 10.0. The molecule has 3 nitrogen and oxygen atoms in total. The Morgan fingerprint density at radius 2 is 1.07 bits per heavy atom. The summed E-state index contributed by atoms with van der Waals surface area (Å²) in [6, 6.07) is 53.4. The number of benzene rings is 6. The van der Waals surface area contributed by atoms with Gasteiger partial charge < -0.3 is 14.4 Å². The van der Waals surface area contributed by atoms with E-state index < -0.39 is 0 Å². The number of allylic oxidation sites excluding steroid dienone is 4. The molecular weight excluding hydrogens is 557 g/mol. The van der Waals surface area contributed by atoms with Crippen molar-refractivity contribution in [3.8, 4) is 5.69 Å². The predicted molar refractivity (Wildman–Crippen MR) is 194 cm³/mol. The van der Waals surface area contributed by atoms with Crippen molar-refractivity contribution in [1.29, 1.82) is 0 Å². The molecule has 0 unspecified atom stereocenters. The maximum absolute atomic E-state index is 2.56. The average molecular weight is 588 g/mol. The van der Waals surface area contributed by atoms with Gasteiger partial charge in [-0.25, -0.2) is 0 Å². The lowest BCUT2D eigenvalue weighted by atomic mass is 9.32. The maximum atomic E-state index is 2.56. The summed E-state index contributed by atoms with van der Waals surface area (Å²) in [7, 11) is 0. The Morgan fingerprint density at radius 1 is 0.500 bits per heavy atom. The number of anilines is 5. The Bertz CT molecular complexity index is 2330. The molecule has 0 saturated heterocycles. The number of para-hydroxylation sites is 5. The summed E-state index contributed by atoms with van der Waals surface area (Å²) in [6.07, 6.45) is 6.82. The second-order valence-electron chi connectivity index (χ2n) is 12.4. The van der Waals surface area contributed by atoms with Crippen LogP contribution in [0.2, 0.25) is 0 Å². The molecule has 3 aliphatic rings. The summed E-state index contributed by atoms with van der Waals surface area (Å²) in [6.45, 7) is 0.153. The number of aromatic nitrogens is 1. The summed E-state index contributed by atoms with van der Waals surface area (Å²) in [4.78, 5) is 5.05. The van der Waals surface area contributed by atoms with Crippen molar-refractivity contribution >= 4 is 67.9 Å². The molecule has 1 aliphatic carbocycles. The van der Waals surface area contributed by atoms with E-state index in [-0.39, 0.29) is 6.71 Å². The van der Waals surface area contributed by atoms with Gasteiger partial charge in [0.2, 0.25) is 0 Å². The van der Waals surface area contributed by atoms with E-state index in [2.05, 4.69) is 172 Å². The number of fused-ring (bicyclic) bond motifs is 6. The number of hydrogen-bond acceptors (Lipinski definition) is 2. The van der Waals surface area contributed by atoms with E-state index in [4.69, 9.17) is 0 Å². The van der Waals surface area contributed by atoms with Gasteiger partial charge in [0.05, 0.1) is 16.7 Å². The highest BCUT2D eigenvalue weighted by atomic mass is 15.2. The highest BCUT2D eigenvalue weighted by molar-refractivity contribution is 6.95. The predicted octanol–water partition coefficient (Wildman–Crippen LogP) is 9.47. The van der Waals surface area contributed by atoms with Gasteiger partial charge in [-0.05, 0) is 83.8 Å². The molecule has 2 aliphatic heterocycles. The Balaban J connectivity index is 1.37. The van der Waals surface area contributed by atoms with Gasteiger partial charge in [0.1, 0.15) is 0 Å². The van der Waals surface area contributed by atoms with E-state index in [1.54, 1.807) is 0 Å². The molecule has 0 bridgehead atoms. The normalized spacial score (nSPS) is 14.9. The Kier molecular flexibility index (Phi) is 5.50. The van der Waals surface area contributed by atoms with E-state index >= 15 is 0 Å². The van der Waals surface area contributed by atoms with E-state index in [1.807, 2.05) is 0 Å². The third-order valence-corrected chi connectivity index (χ3v) is 10.0. The fourth-order valence-corrected chi connectivity index (χ4v) is 8.19. The first kappa shape index (κ1) is 25.6. The minimum Gasteiger partial charge on any atom is -0.315 e. The fourth-order valence-electron chi connectivity index (χ4n) is 8.19. The van der Waals surface area contributed by atoms with E-state index in [0.717, 1.165) is 12.8 Å². The minimum atomic E-state index is 0.153. The van der Waals surface area contributed by atoms with Crippen LogP contribution in [0.5, 0.6) is 0 Å². The molecule has 3 heterocycles. The molecule has 0 saturated carbocycles. The molecular formula is C42H30BN3. The van der Waals surface area contributed by atoms with Gasteiger partial charge in [0, 0.05) is 44.9 Å². The van der Waals surface area contributed by atoms with Crippen molar-refractivity contribution in [1.82, 2.24) is 4.57 Å². The topological polar surface area (TPSA) is 11.4 Å². The van der Waals surface area contributed by atoms with Crippen LogP contribution < -0.4 is 20.7 Å². The highest BCUT2D eigenvalue weighted by Gasteiger charge is 2.44. The van der Waals surface area contributed by atoms with Gasteiger partial charge in [-0.1, -0.05) is 103 Å². The lowest BCUT2D eigenvalue weighted by Gasteiger charge is -2.45. The van der Waals surface area contributed by atoms with Crippen molar-refractivity contribution in [2.24, 2.45) is 0 Å². The van der Waals surface area contributed by atoms with Crippen LogP contribution in [0.15, 0.2) is 169 Å². The zero-order valence-corrected chi connectivity index (χ0v) is 25.3. The largest absolute Gasteiger partial charge is 0.315 e. The molecule has 46 heavy (non-hydrogen) atoms. The van der Waals surface area contributed by atoms with E-state index in [9.17, 15) is 0 Å². The van der Waals surface area contributed by atoms with Crippen molar-refractivity contribution < 1.29 is 0 Å². The van der Waals surface area contributed by atoms with Crippen LogP contribution in [0, 0.1) is 0 Å². The summed E-state index contributed by atoms with van der Waals surface area (Å²) < 4.78 is 2.47. The third kappa shape index (κ3) is 3.55. The Hall–Kier alpha value is -5.74. The summed E-state index contributed by atoms with van der Waals surface area (Å²) in [5.74, 6) is 0. The summed E-state index contributed by atoms with van der Waals surface area (Å²) in [5.41, 5.74) is 15.2. The number of rotatable bonds is 3. The van der Waals surface area contributed by atoms with Crippen LogP contribution in [0.4, 0.5) is 28.4 Å². The van der Waals surface area contributed by atoms with Gasteiger partial charge >= 0.3 is 0 Å². The quantitative estimate of drug-likeness (QED) is 0.191. The maximum Gasteiger partial charge on any atom is 0.251 e. The first-order chi connectivity index (χ1) is 22.9. The van der Waals surface area contributed by atoms with Gasteiger partial charge in [-0.15, -0.1) is 0 Å². The summed E-state index contributed by atoms with van der Waals surface area (Å²) >= 11 is 0. The molecule has 1 aromatic heterocycles. The Labute approximate surface area is 269 Å². The zero-order valence-electron chi connectivity index (χ0n) is 25.3. The smallest absolute Gasteiger partial charge is 0.251 e. The fraction of sp³-hybridized carbons (Fsp3) is 0.0476. The monoisotopic (exact) mass is 587 g/mol. The van der Waals surface area contributed by atoms with E-state index in [1.165, 1.54) is 78.0 Å². The highest BCUT2D eigenvalue weighted by Crippen LogP contribution is 2.47. The molecule has 6 aromatic carbocycles. The van der Waals surface area contributed by atoms with E-state index in [0.29, 0.717) is 0 Å².